The predicted octanol–water partition coefficient (Wildman–Crippen LogP) is 3.95. The summed E-state index contributed by atoms with van der Waals surface area (Å²) in [5, 5.41) is 0.0000864. The van der Waals surface area contributed by atoms with Gasteiger partial charge in [0.1, 0.15) is 12.4 Å². The van der Waals surface area contributed by atoms with Gasteiger partial charge < -0.3 is 15.0 Å². The van der Waals surface area contributed by atoms with Gasteiger partial charge >= 0.3 is 17.8 Å². The Hall–Kier alpha value is -3.93. The second-order valence-corrected chi connectivity index (χ2v) is 10.7. The molecule has 0 aliphatic carbocycles. The molecular weight excluding hydrogens is 527 g/mol. The molecule has 214 valence electrons. The van der Waals surface area contributed by atoms with Gasteiger partial charge in [0.15, 0.2) is 0 Å². The largest absolute Gasteiger partial charge is 0.465 e. The summed E-state index contributed by atoms with van der Waals surface area (Å²) in [7, 11) is 0. The van der Waals surface area contributed by atoms with Crippen LogP contribution in [0.15, 0.2) is 52.1 Å². The zero-order chi connectivity index (χ0) is 29.2. The van der Waals surface area contributed by atoms with E-state index in [2.05, 4.69) is 0 Å². The van der Waals surface area contributed by atoms with Crippen molar-refractivity contribution >= 4 is 27.9 Å². The number of rotatable bonds is 9. The molecule has 2 heterocycles. The fraction of sp³-hybridized carbons (Fsp3) is 0.429. The molecule has 0 aliphatic rings. The Labute approximate surface area is 228 Å². The lowest BCUT2D eigenvalue weighted by molar-refractivity contribution is -0.153. The summed E-state index contributed by atoms with van der Waals surface area (Å²) in [6.07, 6.45) is -3.58. The molecule has 0 saturated heterocycles. The van der Waals surface area contributed by atoms with Crippen molar-refractivity contribution in [3.05, 3.63) is 74.7 Å². The number of halogens is 3. The topological polar surface area (TPSA) is 114 Å². The van der Waals surface area contributed by atoms with E-state index in [0.717, 1.165) is 15.6 Å². The average Bonchev–Trinajstić information content (AvgIpc) is 3.23. The second kappa shape index (κ2) is 11.3. The van der Waals surface area contributed by atoms with Crippen LogP contribution in [0.3, 0.4) is 0 Å². The molecule has 2 aromatic carbocycles. The van der Waals surface area contributed by atoms with E-state index in [0.29, 0.717) is 37.3 Å². The molecule has 9 nitrogen and oxygen atoms in total. The smallest absolute Gasteiger partial charge is 0.406 e. The molecule has 0 radical (unpaired) electrons. The lowest BCUT2D eigenvalue weighted by atomic mass is 9.97. The zero-order valence-electron chi connectivity index (χ0n) is 22.6. The van der Waals surface area contributed by atoms with Crippen LogP contribution in [0.2, 0.25) is 0 Å². The van der Waals surface area contributed by atoms with E-state index in [1.165, 1.54) is 18.2 Å². The molecule has 4 rings (SSSR count). The molecule has 0 bridgehead atoms. The van der Waals surface area contributed by atoms with E-state index >= 15 is 0 Å². The Balaban J connectivity index is 1.73. The molecule has 2 aromatic heterocycles. The monoisotopic (exact) mass is 559 g/mol. The summed E-state index contributed by atoms with van der Waals surface area (Å²) in [6, 6.07) is 11.6. The number of unbranched alkanes of at least 4 members (excludes halogenated alkanes) is 1. The maximum Gasteiger partial charge on any atom is 0.406 e. The molecule has 0 aliphatic heterocycles. The first-order valence-electron chi connectivity index (χ1n) is 12.9. The van der Waals surface area contributed by atoms with Crippen LogP contribution in [0.5, 0.6) is 0 Å². The van der Waals surface area contributed by atoms with Gasteiger partial charge in [-0.05, 0) is 63.4 Å². The van der Waals surface area contributed by atoms with E-state index in [9.17, 15) is 27.6 Å². The maximum absolute atomic E-state index is 13.3. The Morgan fingerprint density at radius 2 is 1.70 bits per heavy atom. The Kier molecular flexibility index (Phi) is 8.20. The number of hydrogen-bond donors (Lipinski definition) is 1. The van der Waals surface area contributed by atoms with Gasteiger partial charge in [0.2, 0.25) is 0 Å². The van der Waals surface area contributed by atoms with Gasteiger partial charge in [-0.2, -0.15) is 13.2 Å². The highest BCUT2D eigenvalue weighted by Crippen LogP contribution is 2.22. The quantitative estimate of drug-likeness (QED) is 0.245. The van der Waals surface area contributed by atoms with Gasteiger partial charge in [-0.15, -0.1) is 0 Å². The van der Waals surface area contributed by atoms with Gasteiger partial charge in [-0.25, -0.2) is 9.78 Å². The SMILES string of the molecule is CC(C)(C)C(=O)OCCCCn1c(Cn2c(=O)n(CC(F)(F)F)c(=O)c3ccccc32)nc2cc(CN)ccc21. The number of aryl methyl sites for hydroxylation is 1. The number of para-hydroxylation sites is 1. The van der Waals surface area contributed by atoms with Crippen molar-refractivity contribution < 1.29 is 22.7 Å². The highest BCUT2D eigenvalue weighted by molar-refractivity contribution is 5.79. The normalized spacial score (nSPS) is 12.4. The van der Waals surface area contributed by atoms with Gasteiger partial charge in [-0.1, -0.05) is 18.2 Å². The lowest BCUT2D eigenvalue weighted by Crippen LogP contribution is -2.43. The molecule has 2 N–H and O–H groups in total. The fourth-order valence-electron chi connectivity index (χ4n) is 4.46. The molecule has 0 saturated carbocycles. The number of esters is 1. The van der Waals surface area contributed by atoms with Crippen LogP contribution in [0.25, 0.3) is 21.9 Å². The Morgan fingerprint density at radius 3 is 2.38 bits per heavy atom. The lowest BCUT2D eigenvalue weighted by Gasteiger charge is -2.17. The summed E-state index contributed by atoms with van der Waals surface area (Å²) in [5.41, 5.74) is 5.57. The number of fused-ring (bicyclic) bond motifs is 2. The number of nitrogens with two attached hydrogens (primary N) is 1. The molecule has 0 spiro atoms. The van der Waals surface area contributed by atoms with E-state index in [4.69, 9.17) is 15.5 Å². The standard InChI is InChI=1S/C28H32F3N5O4/c1-27(2,3)25(38)40-13-7-6-12-34-22-11-10-18(15-32)14-20(22)33-23(34)16-35-21-9-5-4-8-19(21)24(37)36(26(35)39)17-28(29,30)31/h4-5,8-11,14H,6-7,12-13,15-17,32H2,1-3H3. The summed E-state index contributed by atoms with van der Waals surface area (Å²) in [6.45, 7) is 4.46. The Bertz CT molecular complexity index is 1660. The number of aromatic nitrogens is 4. The minimum Gasteiger partial charge on any atom is -0.465 e. The molecule has 4 aromatic rings. The first kappa shape index (κ1) is 29.1. The van der Waals surface area contributed by atoms with Crippen molar-refractivity contribution in [1.29, 1.82) is 0 Å². The summed E-state index contributed by atoms with van der Waals surface area (Å²) in [4.78, 5) is 42.8. The molecule has 0 unspecified atom stereocenters. The van der Waals surface area contributed by atoms with E-state index in [1.807, 2.05) is 22.8 Å². The van der Waals surface area contributed by atoms with Crippen LogP contribution in [0, 0.1) is 5.41 Å². The van der Waals surface area contributed by atoms with Gasteiger partial charge in [0.25, 0.3) is 5.56 Å². The highest BCUT2D eigenvalue weighted by Gasteiger charge is 2.31. The van der Waals surface area contributed by atoms with Crippen molar-refractivity contribution in [3.63, 3.8) is 0 Å². The third kappa shape index (κ3) is 6.27. The minimum atomic E-state index is -4.76. The van der Waals surface area contributed by atoms with Crippen molar-refractivity contribution in [2.75, 3.05) is 6.61 Å². The van der Waals surface area contributed by atoms with Crippen molar-refractivity contribution in [2.45, 2.75) is 66.0 Å². The molecule has 0 fully saturated rings. The third-order valence-electron chi connectivity index (χ3n) is 6.52. The number of imidazole rings is 1. The van der Waals surface area contributed by atoms with Crippen LogP contribution in [-0.2, 0) is 35.7 Å². The zero-order valence-corrected chi connectivity index (χ0v) is 22.6. The van der Waals surface area contributed by atoms with Crippen LogP contribution in [-0.4, -0.2) is 37.4 Å². The average molecular weight is 560 g/mol. The van der Waals surface area contributed by atoms with E-state index in [1.54, 1.807) is 26.8 Å². The summed E-state index contributed by atoms with van der Waals surface area (Å²) < 4.78 is 48.5. The highest BCUT2D eigenvalue weighted by atomic mass is 19.4. The molecular formula is C28H32F3N5O4. The number of hydrogen-bond acceptors (Lipinski definition) is 6. The first-order valence-corrected chi connectivity index (χ1v) is 12.9. The van der Waals surface area contributed by atoms with Crippen molar-refractivity contribution in [1.82, 2.24) is 18.7 Å². The molecule has 12 heteroatoms. The summed E-state index contributed by atoms with van der Waals surface area (Å²) in [5.74, 6) is 0.135. The minimum absolute atomic E-state index is 0.0000864. The number of carbonyl (C=O) groups excluding carboxylic acids is 1. The molecule has 0 amide bonds. The predicted molar refractivity (Wildman–Crippen MR) is 145 cm³/mol. The van der Waals surface area contributed by atoms with Crippen molar-refractivity contribution in [2.24, 2.45) is 11.1 Å². The van der Waals surface area contributed by atoms with Crippen LogP contribution < -0.4 is 17.0 Å². The number of alkyl halides is 3. The van der Waals surface area contributed by atoms with E-state index < -0.39 is 29.4 Å². The van der Waals surface area contributed by atoms with Crippen LogP contribution in [0.1, 0.15) is 45.0 Å². The van der Waals surface area contributed by atoms with Crippen LogP contribution in [0.4, 0.5) is 13.2 Å². The summed E-state index contributed by atoms with van der Waals surface area (Å²) >= 11 is 0. The molecule has 40 heavy (non-hydrogen) atoms. The third-order valence-corrected chi connectivity index (χ3v) is 6.52. The maximum atomic E-state index is 13.3. The number of ether oxygens (including phenoxy) is 1. The number of carbonyl (C=O) groups is 1. The molecule has 0 atom stereocenters. The van der Waals surface area contributed by atoms with Gasteiger partial charge in [-0.3, -0.25) is 18.7 Å². The van der Waals surface area contributed by atoms with E-state index in [-0.39, 0.29) is 34.6 Å². The number of nitrogens with zero attached hydrogens (tertiary/aromatic N) is 4. The Morgan fingerprint density at radius 1 is 0.975 bits per heavy atom. The van der Waals surface area contributed by atoms with Gasteiger partial charge in [0, 0.05) is 13.1 Å². The fourth-order valence-corrected chi connectivity index (χ4v) is 4.46. The van der Waals surface area contributed by atoms with Crippen molar-refractivity contribution in [3.8, 4) is 0 Å². The number of benzene rings is 2. The second-order valence-electron chi connectivity index (χ2n) is 10.7. The van der Waals surface area contributed by atoms with Gasteiger partial charge in [0.05, 0.1) is 40.5 Å². The first-order chi connectivity index (χ1) is 18.8. The van der Waals surface area contributed by atoms with Crippen LogP contribution >= 0.6 is 0 Å².